The summed E-state index contributed by atoms with van der Waals surface area (Å²) in [5.74, 6) is -0.818. The summed E-state index contributed by atoms with van der Waals surface area (Å²) in [5, 5.41) is 0.938. The molecule has 0 fully saturated rings. The smallest absolute Gasteiger partial charge is 0.270 e. The highest BCUT2D eigenvalue weighted by Crippen LogP contribution is 2.07. The summed E-state index contributed by atoms with van der Waals surface area (Å²) in [7, 11) is 0. The van der Waals surface area contributed by atoms with Crippen molar-refractivity contribution in [2.45, 2.75) is 24.7 Å². The van der Waals surface area contributed by atoms with Crippen LogP contribution in [0.3, 0.4) is 0 Å². The van der Waals surface area contributed by atoms with Crippen molar-refractivity contribution in [2.75, 3.05) is 0 Å². The van der Waals surface area contributed by atoms with Crippen LogP contribution in [0.2, 0.25) is 0 Å². The molecule has 1 unspecified atom stereocenters. The number of carbonyl (C=O) groups excluding carboxylic acids is 1. The van der Waals surface area contributed by atoms with Crippen LogP contribution in [-0.2, 0) is 10.1 Å². The molecule has 84 valence electrons. The minimum Gasteiger partial charge on any atom is -0.270 e. The lowest BCUT2D eigenvalue weighted by Gasteiger charge is -2.09. The van der Waals surface area contributed by atoms with Crippen LogP contribution in [0.5, 0.6) is 0 Å². The topological polar surface area (TPSA) is 41.8 Å². The maximum atomic E-state index is 13.8. The van der Waals surface area contributed by atoms with E-state index < -0.39 is 11.9 Å². The average molecular weight is 285 g/mol. The van der Waals surface area contributed by atoms with Gasteiger partial charge in [-0.15, -0.1) is 0 Å². The number of rotatable bonds is 2. The molecular formula is C11H10BrFN2O. The zero-order valence-electron chi connectivity index (χ0n) is 8.70. The normalized spacial score (nSPS) is 18.7. The van der Waals surface area contributed by atoms with E-state index in [-0.39, 0.29) is 11.3 Å². The van der Waals surface area contributed by atoms with Gasteiger partial charge in [0.25, 0.3) is 5.91 Å². The second kappa shape index (κ2) is 4.41. The van der Waals surface area contributed by atoms with E-state index in [2.05, 4.69) is 25.9 Å². The van der Waals surface area contributed by atoms with Gasteiger partial charge in [-0.1, -0.05) is 28.9 Å². The van der Waals surface area contributed by atoms with E-state index in [9.17, 15) is 9.18 Å². The first-order chi connectivity index (χ1) is 7.67. The fourth-order valence-corrected chi connectivity index (χ4v) is 2.02. The van der Waals surface area contributed by atoms with Gasteiger partial charge in [0.1, 0.15) is 11.4 Å². The summed E-state index contributed by atoms with van der Waals surface area (Å²) < 4.78 is 13.8. The third kappa shape index (κ3) is 1.80. The zero-order valence-corrected chi connectivity index (χ0v) is 10.3. The Bertz CT molecular complexity index is 556. The van der Waals surface area contributed by atoms with Crippen molar-refractivity contribution < 1.29 is 9.18 Å². The van der Waals surface area contributed by atoms with Crippen LogP contribution in [0.4, 0.5) is 4.39 Å². The molecule has 0 N–H and O–H groups in total. The third-order valence-electron chi connectivity index (χ3n) is 2.51. The van der Waals surface area contributed by atoms with E-state index in [4.69, 9.17) is 0 Å². The Hall–Kier alpha value is -1.10. The monoisotopic (exact) mass is 284 g/mol. The SMILES string of the molecule is CCC1N=c2ccc(CBr)c(F)c2=NC1=O. The minimum atomic E-state index is -0.457. The van der Waals surface area contributed by atoms with Crippen molar-refractivity contribution in [1.29, 1.82) is 0 Å². The van der Waals surface area contributed by atoms with Crippen LogP contribution in [0.25, 0.3) is 0 Å². The molecule has 0 saturated carbocycles. The molecule has 16 heavy (non-hydrogen) atoms. The second-order valence-corrected chi connectivity index (χ2v) is 4.10. The molecule has 2 rings (SSSR count). The largest absolute Gasteiger partial charge is 0.271 e. The van der Waals surface area contributed by atoms with Gasteiger partial charge < -0.3 is 0 Å². The molecule has 0 radical (unpaired) electrons. The molecule has 0 aliphatic carbocycles. The highest BCUT2D eigenvalue weighted by Gasteiger charge is 2.19. The molecule has 5 heteroatoms. The molecule has 3 nitrogen and oxygen atoms in total. The molecule has 1 aromatic carbocycles. The second-order valence-electron chi connectivity index (χ2n) is 3.54. The van der Waals surface area contributed by atoms with Gasteiger partial charge in [0.15, 0.2) is 5.82 Å². The summed E-state index contributed by atoms with van der Waals surface area (Å²) in [5.41, 5.74) is 0.487. The van der Waals surface area contributed by atoms with Crippen LogP contribution >= 0.6 is 15.9 Å². The predicted molar refractivity (Wildman–Crippen MR) is 60.4 cm³/mol. The highest BCUT2D eigenvalue weighted by atomic mass is 79.9. The van der Waals surface area contributed by atoms with Crippen molar-refractivity contribution >= 4 is 21.8 Å². The van der Waals surface area contributed by atoms with Gasteiger partial charge in [0, 0.05) is 10.9 Å². The minimum absolute atomic E-state index is 0.0756. The Balaban J connectivity index is 2.71. The van der Waals surface area contributed by atoms with Crippen LogP contribution in [0.1, 0.15) is 18.9 Å². The Morgan fingerprint density at radius 2 is 2.25 bits per heavy atom. The van der Waals surface area contributed by atoms with Crippen LogP contribution in [0, 0.1) is 5.82 Å². The number of carbonyl (C=O) groups is 1. The fourth-order valence-electron chi connectivity index (χ4n) is 1.58. The molecule has 1 atom stereocenters. The molecule has 0 aromatic heterocycles. The number of alkyl halides is 1. The lowest BCUT2D eigenvalue weighted by atomic mass is 10.1. The van der Waals surface area contributed by atoms with Crippen molar-refractivity contribution in [3.63, 3.8) is 0 Å². The van der Waals surface area contributed by atoms with Gasteiger partial charge in [0.05, 0.1) is 5.36 Å². The summed E-state index contributed by atoms with van der Waals surface area (Å²) in [6.07, 6.45) is 0.587. The molecule has 0 bridgehead atoms. The van der Waals surface area contributed by atoms with Crippen molar-refractivity contribution in [1.82, 2.24) is 0 Å². The number of amides is 1. The number of hydrogen-bond donors (Lipinski definition) is 0. The quantitative estimate of drug-likeness (QED) is 0.755. The first-order valence-corrected chi connectivity index (χ1v) is 6.13. The lowest BCUT2D eigenvalue weighted by Crippen LogP contribution is -2.39. The highest BCUT2D eigenvalue weighted by molar-refractivity contribution is 9.08. The van der Waals surface area contributed by atoms with Gasteiger partial charge in [0.2, 0.25) is 0 Å². The Morgan fingerprint density at radius 1 is 1.50 bits per heavy atom. The van der Waals surface area contributed by atoms with Crippen LogP contribution in [0.15, 0.2) is 22.1 Å². The Morgan fingerprint density at radius 3 is 2.88 bits per heavy atom. The standard InChI is InChI=1S/C11H10BrFN2O/c1-2-7-11(16)15-10-8(14-7)4-3-6(5-12)9(10)13/h3-4,7H,2,5H2,1H3. The van der Waals surface area contributed by atoms with Crippen molar-refractivity contribution in [2.24, 2.45) is 9.98 Å². The average Bonchev–Trinajstić information content (AvgIpc) is 2.30. The summed E-state index contributed by atoms with van der Waals surface area (Å²) in [6, 6.07) is 2.90. The Labute approximate surface area is 100 Å². The molecular weight excluding hydrogens is 275 g/mol. The number of halogens is 2. The first-order valence-electron chi connectivity index (χ1n) is 5.01. The van der Waals surface area contributed by atoms with Crippen LogP contribution in [-0.4, -0.2) is 11.9 Å². The summed E-state index contributed by atoms with van der Waals surface area (Å²) >= 11 is 3.18. The molecule has 1 aliphatic heterocycles. The van der Waals surface area contributed by atoms with Crippen molar-refractivity contribution in [3.8, 4) is 0 Å². The number of nitrogens with zero attached hydrogens (tertiary/aromatic N) is 2. The third-order valence-corrected chi connectivity index (χ3v) is 3.11. The van der Waals surface area contributed by atoms with Crippen LogP contribution < -0.4 is 10.7 Å². The molecule has 0 saturated heterocycles. The van der Waals surface area contributed by atoms with Crippen molar-refractivity contribution in [3.05, 3.63) is 34.2 Å². The zero-order chi connectivity index (χ0) is 11.7. The van der Waals surface area contributed by atoms with Gasteiger partial charge in [-0.25, -0.2) is 9.38 Å². The van der Waals surface area contributed by atoms with Gasteiger partial charge in [-0.2, -0.15) is 0 Å². The van der Waals surface area contributed by atoms with E-state index in [0.29, 0.717) is 22.7 Å². The predicted octanol–water partition coefficient (Wildman–Crippen LogP) is 1.28. The van der Waals surface area contributed by atoms with E-state index >= 15 is 0 Å². The molecule has 0 spiro atoms. The summed E-state index contributed by atoms with van der Waals surface area (Å²) in [4.78, 5) is 19.5. The maximum absolute atomic E-state index is 13.8. The first kappa shape index (κ1) is 11.4. The van der Waals surface area contributed by atoms with Gasteiger partial charge in [-0.05, 0) is 12.5 Å². The van der Waals surface area contributed by atoms with E-state index in [0.717, 1.165) is 0 Å². The van der Waals surface area contributed by atoms with Gasteiger partial charge >= 0.3 is 0 Å². The lowest BCUT2D eigenvalue weighted by molar-refractivity contribution is -0.119. The number of benzene rings is 1. The Kier molecular flexibility index (Phi) is 3.14. The maximum Gasteiger partial charge on any atom is 0.271 e. The molecule has 1 aromatic rings. The number of fused-ring (bicyclic) bond motifs is 1. The fraction of sp³-hybridized carbons (Fsp3) is 0.364. The summed E-state index contributed by atoms with van der Waals surface area (Å²) in [6.45, 7) is 1.86. The van der Waals surface area contributed by atoms with E-state index in [1.807, 2.05) is 6.92 Å². The number of hydrogen-bond acceptors (Lipinski definition) is 2. The van der Waals surface area contributed by atoms with E-state index in [1.165, 1.54) is 0 Å². The van der Waals surface area contributed by atoms with Gasteiger partial charge in [-0.3, -0.25) is 9.79 Å². The molecule has 1 heterocycles. The van der Waals surface area contributed by atoms with E-state index in [1.54, 1.807) is 12.1 Å². The molecule has 1 amide bonds. The molecule has 1 aliphatic rings.